The molecule has 4 heteroatoms. The van der Waals surface area contributed by atoms with Crippen LogP contribution in [0.4, 0.5) is 0 Å². The fourth-order valence-corrected chi connectivity index (χ4v) is 2.51. The molecule has 124 valence electrons. The van der Waals surface area contributed by atoms with Gasteiger partial charge in [-0.3, -0.25) is 0 Å². The van der Waals surface area contributed by atoms with Crippen molar-refractivity contribution >= 4 is 0 Å². The molecule has 0 aliphatic carbocycles. The van der Waals surface area contributed by atoms with Crippen LogP contribution in [0.25, 0.3) is 0 Å². The lowest BCUT2D eigenvalue weighted by molar-refractivity contribution is 0.249. The van der Waals surface area contributed by atoms with Gasteiger partial charge in [-0.05, 0) is 68.6 Å². The molecule has 0 aliphatic heterocycles. The third-order valence-electron chi connectivity index (χ3n) is 4.33. The summed E-state index contributed by atoms with van der Waals surface area (Å²) in [4.78, 5) is 2.30. The van der Waals surface area contributed by atoms with Crippen LogP contribution >= 0.6 is 0 Å². The number of likely N-dealkylation sites (N-methyl/N-ethyl adjacent to an activating group) is 1. The van der Waals surface area contributed by atoms with E-state index >= 15 is 0 Å². The largest absolute Gasteiger partial charge is 0.508 e. The summed E-state index contributed by atoms with van der Waals surface area (Å²) in [5.74, 6) is 0.158. The first-order chi connectivity index (χ1) is 11.0. The van der Waals surface area contributed by atoms with Crippen molar-refractivity contribution in [2.75, 3.05) is 13.6 Å². The van der Waals surface area contributed by atoms with Gasteiger partial charge in [-0.1, -0.05) is 18.2 Å². The van der Waals surface area contributed by atoms with Crippen LogP contribution in [0.2, 0.25) is 0 Å². The zero-order chi connectivity index (χ0) is 16.8. The van der Waals surface area contributed by atoms with Crippen molar-refractivity contribution in [1.29, 1.82) is 0 Å². The maximum atomic E-state index is 9.52. The number of hydrogen-bond donors (Lipinski definition) is 3. The monoisotopic (exact) mass is 315 g/mol. The zero-order valence-electron chi connectivity index (χ0n) is 13.7. The minimum absolute atomic E-state index is 0.0643. The molecule has 0 heterocycles. The Labute approximate surface area is 137 Å². The van der Waals surface area contributed by atoms with Crippen molar-refractivity contribution < 1.29 is 15.3 Å². The second kappa shape index (κ2) is 7.88. The molecule has 0 aliphatic rings. The normalized spacial score (nSPS) is 12.5. The summed E-state index contributed by atoms with van der Waals surface area (Å²) in [5, 5.41) is 28.1. The fraction of sp³-hybridized carbons (Fsp3) is 0.368. The molecule has 0 radical (unpaired) electrons. The maximum Gasteiger partial charge on any atom is 0.157 e. The lowest BCUT2D eigenvalue weighted by Crippen LogP contribution is -2.31. The van der Waals surface area contributed by atoms with E-state index in [0.29, 0.717) is 11.8 Å². The summed E-state index contributed by atoms with van der Waals surface area (Å²) in [6.45, 7) is 3.09. The third-order valence-corrected chi connectivity index (χ3v) is 4.33. The number of aromatic hydroxyl groups is 3. The molecule has 2 aromatic carbocycles. The lowest BCUT2D eigenvalue weighted by Gasteiger charge is -2.24. The molecule has 0 fully saturated rings. The highest BCUT2D eigenvalue weighted by atomic mass is 16.3. The Morgan fingerprint density at radius 1 is 0.870 bits per heavy atom. The minimum atomic E-state index is -0.0793. The summed E-state index contributed by atoms with van der Waals surface area (Å²) >= 11 is 0. The Kier molecular flexibility index (Phi) is 5.88. The van der Waals surface area contributed by atoms with E-state index in [1.165, 1.54) is 11.6 Å². The van der Waals surface area contributed by atoms with Crippen molar-refractivity contribution in [2.45, 2.75) is 32.2 Å². The molecule has 0 saturated carbocycles. The van der Waals surface area contributed by atoms with Gasteiger partial charge in [0, 0.05) is 12.6 Å². The van der Waals surface area contributed by atoms with Crippen LogP contribution in [0.1, 0.15) is 24.5 Å². The highest BCUT2D eigenvalue weighted by molar-refractivity contribution is 5.40. The van der Waals surface area contributed by atoms with E-state index in [1.807, 2.05) is 18.2 Å². The van der Waals surface area contributed by atoms with E-state index in [2.05, 4.69) is 18.9 Å². The van der Waals surface area contributed by atoms with Crippen LogP contribution in [0.15, 0.2) is 42.5 Å². The van der Waals surface area contributed by atoms with Crippen molar-refractivity contribution in [2.24, 2.45) is 0 Å². The summed E-state index contributed by atoms with van der Waals surface area (Å²) in [6.07, 6.45) is 2.85. The predicted octanol–water partition coefficient (Wildman–Crippen LogP) is 3.30. The molecule has 1 unspecified atom stereocenters. The minimum Gasteiger partial charge on any atom is -0.508 e. The van der Waals surface area contributed by atoms with Gasteiger partial charge in [-0.25, -0.2) is 0 Å². The maximum absolute atomic E-state index is 9.52. The van der Waals surface area contributed by atoms with Crippen LogP contribution in [0.5, 0.6) is 17.2 Å². The van der Waals surface area contributed by atoms with Gasteiger partial charge in [0.2, 0.25) is 0 Å². The molecule has 0 bridgehead atoms. The van der Waals surface area contributed by atoms with Crippen LogP contribution in [-0.2, 0) is 12.8 Å². The molecule has 1 atom stereocenters. The molecule has 3 N–H and O–H groups in total. The van der Waals surface area contributed by atoms with Crippen LogP contribution in [-0.4, -0.2) is 39.9 Å². The van der Waals surface area contributed by atoms with Crippen molar-refractivity contribution in [3.63, 3.8) is 0 Å². The average molecular weight is 315 g/mol. The highest BCUT2D eigenvalue weighted by Gasteiger charge is 2.10. The Hall–Kier alpha value is -2.20. The predicted molar refractivity (Wildman–Crippen MR) is 92.0 cm³/mol. The summed E-state index contributed by atoms with van der Waals surface area (Å²) in [6, 6.07) is 12.8. The van der Waals surface area contributed by atoms with Gasteiger partial charge in [0.1, 0.15) is 5.75 Å². The van der Waals surface area contributed by atoms with Gasteiger partial charge < -0.3 is 20.2 Å². The van der Waals surface area contributed by atoms with Gasteiger partial charge in [-0.15, -0.1) is 0 Å². The quantitative estimate of drug-likeness (QED) is 0.686. The Bertz CT molecular complexity index is 625. The van der Waals surface area contributed by atoms with Gasteiger partial charge in [0.05, 0.1) is 0 Å². The van der Waals surface area contributed by atoms with Gasteiger partial charge in [0.15, 0.2) is 11.5 Å². The van der Waals surface area contributed by atoms with E-state index in [1.54, 1.807) is 18.2 Å². The molecule has 0 saturated heterocycles. The smallest absolute Gasteiger partial charge is 0.157 e. The van der Waals surface area contributed by atoms with Gasteiger partial charge >= 0.3 is 0 Å². The zero-order valence-corrected chi connectivity index (χ0v) is 13.7. The second-order valence-corrected chi connectivity index (χ2v) is 6.11. The third kappa shape index (κ3) is 5.18. The number of nitrogens with zero attached hydrogens (tertiary/aromatic N) is 1. The first-order valence-corrected chi connectivity index (χ1v) is 7.94. The molecular formula is C19H25NO3. The summed E-state index contributed by atoms with van der Waals surface area (Å²) in [7, 11) is 2.10. The van der Waals surface area contributed by atoms with E-state index in [4.69, 9.17) is 0 Å². The Balaban J connectivity index is 1.79. The van der Waals surface area contributed by atoms with Crippen LogP contribution in [0, 0.1) is 0 Å². The molecule has 2 rings (SSSR count). The number of hydrogen-bond acceptors (Lipinski definition) is 4. The number of rotatable bonds is 7. The Morgan fingerprint density at radius 2 is 1.52 bits per heavy atom. The Morgan fingerprint density at radius 3 is 2.17 bits per heavy atom. The van der Waals surface area contributed by atoms with Crippen molar-refractivity contribution in [1.82, 2.24) is 4.90 Å². The van der Waals surface area contributed by atoms with Crippen LogP contribution in [0.3, 0.4) is 0 Å². The van der Waals surface area contributed by atoms with Crippen molar-refractivity contribution in [3.05, 3.63) is 53.6 Å². The van der Waals surface area contributed by atoms with E-state index in [9.17, 15) is 15.3 Å². The SMILES string of the molecule is CC(CCc1ccc(O)cc1)N(C)CCc1ccc(O)c(O)c1. The molecule has 0 spiro atoms. The van der Waals surface area contributed by atoms with Crippen molar-refractivity contribution in [3.8, 4) is 17.2 Å². The summed E-state index contributed by atoms with van der Waals surface area (Å²) < 4.78 is 0. The number of phenols is 3. The van der Waals surface area contributed by atoms with Crippen LogP contribution < -0.4 is 0 Å². The van der Waals surface area contributed by atoms with Gasteiger partial charge in [0.25, 0.3) is 0 Å². The molecule has 23 heavy (non-hydrogen) atoms. The summed E-state index contributed by atoms with van der Waals surface area (Å²) in [5.41, 5.74) is 2.24. The second-order valence-electron chi connectivity index (χ2n) is 6.11. The first kappa shape index (κ1) is 17.2. The molecule has 2 aromatic rings. The van der Waals surface area contributed by atoms with E-state index in [0.717, 1.165) is 31.4 Å². The number of phenolic OH excluding ortho intramolecular Hbond substituents is 3. The molecular weight excluding hydrogens is 290 g/mol. The average Bonchev–Trinajstić information content (AvgIpc) is 2.54. The number of benzene rings is 2. The van der Waals surface area contributed by atoms with E-state index in [-0.39, 0.29) is 11.5 Å². The lowest BCUT2D eigenvalue weighted by atomic mass is 10.0. The molecule has 4 nitrogen and oxygen atoms in total. The first-order valence-electron chi connectivity index (χ1n) is 7.94. The van der Waals surface area contributed by atoms with E-state index < -0.39 is 0 Å². The highest BCUT2D eigenvalue weighted by Crippen LogP contribution is 2.25. The molecule has 0 amide bonds. The molecule has 0 aromatic heterocycles. The topological polar surface area (TPSA) is 63.9 Å². The fourth-order valence-electron chi connectivity index (χ4n) is 2.51. The van der Waals surface area contributed by atoms with Gasteiger partial charge in [-0.2, -0.15) is 0 Å². The number of aryl methyl sites for hydroxylation is 1. The standard InChI is InChI=1S/C19H25NO3/c1-14(3-4-15-5-8-17(21)9-6-15)20(2)12-11-16-7-10-18(22)19(23)13-16/h5-10,13-14,21-23H,3-4,11-12H2,1-2H3.